The van der Waals surface area contributed by atoms with Gasteiger partial charge in [0.05, 0.1) is 17.5 Å². The van der Waals surface area contributed by atoms with E-state index in [9.17, 15) is 9.90 Å². The lowest BCUT2D eigenvalue weighted by Gasteiger charge is -2.24. The van der Waals surface area contributed by atoms with Crippen LogP contribution in [-0.4, -0.2) is 50.1 Å². The average Bonchev–Trinajstić information content (AvgIpc) is 2.86. The number of aromatic nitrogens is 3. The second kappa shape index (κ2) is 5.42. The fourth-order valence-electron chi connectivity index (χ4n) is 1.89. The molecule has 2 aromatic rings. The number of hydrogen-bond acceptors (Lipinski definition) is 4. The Morgan fingerprint density at radius 1 is 1.35 bits per heavy atom. The van der Waals surface area contributed by atoms with Crippen LogP contribution in [0.5, 0.6) is 0 Å². The number of para-hydroxylation sites is 1. The van der Waals surface area contributed by atoms with E-state index in [1.54, 1.807) is 20.9 Å². The molecule has 0 atom stereocenters. The van der Waals surface area contributed by atoms with Gasteiger partial charge in [0.2, 0.25) is 0 Å². The van der Waals surface area contributed by atoms with Gasteiger partial charge in [0.15, 0.2) is 5.69 Å². The summed E-state index contributed by atoms with van der Waals surface area (Å²) in [5, 5.41) is 18.0. The van der Waals surface area contributed by atoms with E-state index in [1.165, 1.54) is 15.9 Å². The summed E-state index contributed by atoms with van der Waals surface area (Å²) in [6, 6.07) is 9.36. The molecule has 20 heavy (non-hydrogen) atoms. The number of aliphatic hydroxyl groups is 1. The highest BCUT2D eigenvalue weighted by atomic mass is 16.3. The highest BCUT2D eigenvalue weighted by Gasteiger charge is 2.22. The lowest BCUT2D eigenvalue weighted by molar-refractivity contribution is 0.0364. The number of likely N-dealkylation sites (N-methyl/N-ethyl adjacent to an activating group) is 1. The van der Waals surface area contributed by atoms with Crippen molar-refractivity contribution in [2.75, 3.05) is 13.6 Å². The van der Waals surface area contributed by atoms with E-state index in [2.05, 4.69) is 10.2 Å². The standard InChI is InChI=1S/C14H18N4O2/c1-14(2,20)10-17(3)13(19)12-9-15-18(16-12)11-7-5-4-6-8-11/h4-9,20H,10H2,1-3H3. The van der Waals surface area contributed by atoms with Gasteiger partial charge < -0.3 is 10.0 Å². The molecule has 1 amide bonds. The molecule has 0 saturated heterocycles. The normalized spacial score (nSPS) is 11.4. The first-order chi connectivity index (χ1) is 9.37. The molecule has 0 fully saturated rings. The van der Waals surface area contributed by atoms with Crippen LogP contribution >= 0.6 is 0 Å². The van der Waals surface area contributed by atoms with E-state index in [4.69, 9.17) is 0 Å². The Kier molecular flexibility index (Phi) is 3.85. The number of carbonyl (C=O) groups is 1. The van der Waals surface area contributed by atoms with Crippen molar-refractivity contribution in [1.29, 1.82) is 0 Å². The molecule has 0 aliphatic rings. The molecule has 0 radical (unpaired) electrons. The zero-order chi connectivity index (χ0) is 14.8. The van der Waals surface area contributed by atoms with Crippen LogP contribution in [0.1, 0.15) is 24.3 Å². The Bertz CT molecular complexity index is 587. The minimum atomic E-state index is -0.945. The highest BCUT2D eigenvalue weighted by Crippen LogP contribution is 2.08. The second-order valence-corrected chi connectivity index (χ2v) is 5.33. The van der Waals surface area contributed by atoms with E-state index in [0.29, 0.717) is 0 Å². The van der Waals surface area contributed by atoms with Gasteiger partial charge in [-0.2, -0.15) is 9.90 Å². The minimum absolute atomic E-state index is 0.226. The van der Waals surface area contributed by atoms with Crippen LogP contribution in [0.2, 0.25) is 0 Å². The summed E-state index contributed by atoms with van der Waals surface area (Å²) >= 11 is 0. The zero-order valence-corrected chi connectivity index (χ0v) is 11.8. The molecule has 0 aliphatic carbocycles. The number of hydrogen-bond donors (Lipinski definition) is 1. The van der Waals surface area contributed by atoms with Crippen molar-refractivity contribution in [2.45, 2.75) is 19.4 Å². The highest BCUT2D eigenvalue weighted by molar-refractivity contribution is 5.91. The maximum absolute atomic E-state index is 12.2. The van der Waals surface area contributed by atoms with Crippen LogP contribution in [0.4, 0.5) is 0 Å². The predicted octanol–water partition coefficient (Wildman–Crippen LogP) is 1.11. The Morgan fingerprint density at radius 2 is 2.00 bits per heavy atom. The Morgan fingerprint density at radius 3 is 2.60 bits per heavy atom. The summed E-state index contributed by atoms with van der Waals surface area (Å²) in [5.74, 6) is -0.269. The maximum Gasteiger partial charge on any atom is 0.275 e. The summed E-state index contributed by atoms with van der Waals surface area (Å²) < 4.78 is 0. The van der Waals surface area contributed by atoms with Crippen LogP contribution in [0.15, 0.2) is 36.5 Å². The molecule has 1 heterocycles. The van der Waals surface area contributed by atoms with E-state index in [1.807, 2.05) is 30.3 Å². The number of carbonyl (C=O) groups excluding carboxylic acids is 1. The Labute approximate surface area is 117 Å². The molecule has 1 aromatic carbocycles. The van der Waals surface area contributed by atoms with Gasteiger partial charge in [-0.3, -0.25) is 4.79 Å². The van der Waals surface area contributed by atoms with Crippen molar-refractivity contribution in [1.82, 2.24) is 19.9 Å². The van der Waals surface area contributed by atoms with E-state index in [0.717, 1.165) is 5.69 Å². The van der Waals surface area contributed by atoms with Gasteiger partial charge in [0.1, 0.15) is 0 Å². The molecule has 2 rings (SSSR count). The molecule has 6 heteroatoms. The molecule has 0 unspecified atom stereocenters. The third-order valence-corrected chi connectivity index (χ3v) is 2.67. The van der Waals surface area contributed by atoms with Gasteiger partial charge in [0, 0.05) is 13.6 Å². The minimum Gasteiger partial charge on any atom is -0.389 e. The smallest absolute Gasteiger partial charge is 0.275 e. The van der Waals surface area contributed by atoms with Gasteiger partial charge in [-0.25, -0.2) is 0 Å². The monoisotopic (exact) mass is 274 g/mol. The van der Waals surface area contributed by atoms with Crippen molar-refractivity contribution < 1.29 is 9.90 Å². The van der Waals surface area contributed by atoms with Crippen molar-refractivity contribution in [3.05, 3.63) is 42.2 Å². The van der Waals surface area contributed by atoms with Gasteiger partial charge >= 0.3 is 0 Å². The van der Waals surface area contributed by atoms with Gasteiger partial charge in [-0.05, 0) is 26.0 Å². The fraction of sp³-hybridized carbons (Fsp3) is 0.357. The number of amides is 1. The molecule has 0 bridgehead atoms. The molecular formula is C14H18N4O2. The average molecular weight is 274 g/mol. The topological polar surface area (TPSA) is 71.2 Å². The first kappa shape index (κ1) is 14.2. The van der Waals surface area contributed by atoms with Gasteiger partial charge in [-0.15, -0.1) is 5.10 Å². The molecule has 1 N–H and O–H groups in total. The van der Waals surface area contributed by atoms with Gasteiger partial charge in [0.25, 0.3) is 5.91 Å². The summed E-state index contributed by atoms with van der Waals surface area (Å²) in [6.07, 6.45) is 1.43. The zero-order valence-electron chi connectivity index (χ0n) is 11.8. The fourth-order valence-corrected chi connectivity index (χ4v) is 1.89. The molecule has 1 aromatic heterocycles. The summed E-state index contributed by atoms with van der Waals surface area (Å²) in [4.78, 5) is 15.0. The van der Waals surface area contributed by atoms with E-state index < -0.39 is 5.60 Å². The maximum atomic E-state index is 12.2. The molecular weight excluding hydrogens is 256 g/mol. The third kappa shape index (κ3) is 3.42. The van der Waals surface area contributed by atoms with Crippen molar-refractivity contribution in [2.24, 2.45) is 0 Å². The molecule has 6 nitrogen and oxygen atoms in total. The van der Waals surface area contributed by atoms with Crippen molar-refractivity contribution in [3.8, 4) is 5.69 Å². The largest absolute Gasteiger partial charge is 0.389 e. The predicted molar refractivity (Wildman–Crippen MR) is 74.6 cm³/mol. The van der Waals surface area contributed by atoms with Crippen molar-refractivity contribution in [3.63, 3.8) is 0 Å². The molecule has 0 aliphatic heterocycles. The summed E-state index contributed by atoms with van der Waals surface area (Å²) in [6.45, 7) is 3.53. The first-order valence-corrected chi connectivity index (χ1v) is 6.32. The molecule has 106 valence electrons. The van der Waals surface area contributed by atoms with Crippen LogP contribution < -0.4 is 0 Å². The van der Waals surface area contributed by atoms with Crippen LogP contribution in [0.25, 0.3) is 5.69 Å². The number of nitrogens with zero attached hydrogens (tertiary/aromatic N) is 4. The molecule has 0 spiro atoms. The van der Waals surface area contributed by atoms with E-state index in [-0.39, 0.29) is 18.1 Å². The Balaban J connectivity index is 2.15. The lowest BCUT2D eigenvalue weighted by atomic mass is 10.1. The summed E-state index contributed by atoms with van der Waals surface area (Å²) in [7, 11) is 1.63. The van der Waals surface area contributed by atoms with Crippen LogP contribution in [0, 0.1) is 0 Å². The molecule has 0 saturated carbocycles. The second-order valence-electron chi connectivity index (χ2n) is 5.33. The van der Waals surface area contributed by atoms with Crippen molar-refractivity contribution >= 4 is 5.91 Å². The quantitative estimate of drug-likeness (QED) is 0.906. The van der Waals surface area contributed by atoms with Crippen LogP contribution in [0.3, 0.4) is 0 Å². The number of benzene rings is 1. The van der Waals surface area contributed by atoms with Gasteiger partial charge in [-0.1, -0.05) is 18.2 Å². The SMILES string of the molecule is CN(CC(C)(C)O)C(=O)c1cnn(-c2ccccc2)n1. The van der Waals surface area contributed by atoms with Crippen LogP contribution in [-0.2, 0) is 0 Å². The third-order valence-electron chi connectivity index (χ3n) is 2.67. The Hall–Kier alpha value is -2.21. The lowest BCUT2D eigenvalue weighted by Crippen LogP contribution is -2.39. The first-order valence-electron chi connectivity index (χ1n) is 6.32. The summed E-state index contributed by atoms with van der Waals surface area (Å²) in [5.41, 5.74) is 0.0946. The number of rotatable bonds is 4. The van der Waals surface area contributed by atoms with E-state index >= 15 is 0 Å².